The number of halogens is 1. The van der Waals surface area contributed by atoms with E-state index in [0.717, 1.165) is 11.1 Å². The molecule has 4 atom stereocenters. The second kappa shape index (κ2) is 8.91. The van der Waals surface area contributed by atoms with Crippen molar-refractivity contribution < 1.29 is 29.2 Å². The molecular formula is C24H21FN6O5. The number of aliphatic hydroxyl groups excluding tert-OH is 3. The number of hydrogen-bond donors (Lipinski definition) is 3. The molecule has 0 amide bonds. The molecule has 1 aliphatic rings. The van der Waals surface area contributed by atoms with Crippen molar-refractivity contribution in [2.45, 2.75) is 31.1 Å². The average molecular weight is 492 g/mol. The molecule has 0 saturated carbocycles. The van der Waals surface area contributed by atoms with Gasteiger partial charge in [-0.2, -0.15) is 0 Å². The monoisotopic (exact) mass is 492 g/mol. The summed E-state index contributed by atoms with van der Waals surface area (Å²) in [5, 5.41) is 38.4. The standard InChI is InChI=1S/C24H21FN6O5/c25-15-5-1-13(2-6-15)10-35-16-7-3-14(4-8-16)21-28-29-23-18-22(27-12-30(21)23)31(11-26-18)24-20(34)19(33)17(9-32)36-24/h1-8,11-12,17,19-20,24,32-34H,9-10H2/t17-,19?,20+,24-/m1/s1. The maximum Gasteiger partial charge on any atom is 0.192 e. The summed E-state index contributed by atoms with van der Waals surface area (Å²) in [4.78, 5) is 8.85. The molecule has 0 radical (unpaired) electrons. The Hall–Kier alpha value is -3.97. The summed E-state index contributed by atoms with van der Waals surface area (Å²) in [6.45, 7) is -0.115. The quantitative estimate of drug-likeness (QED) is 0.321. The molecule has 1 unspecified atom stereocenters. The minimum atomic E-state index is -1.25. The van der Waals surface area contributed by atoms with Crippen molar-refractivity contribution in [3.63, 3.8) is 0 Å². The van der Waals surface area contributed by atoms with Gasteiger partial charge in [0.25, 0.3) is 0 Å². The Bertz CT molecular complexity index is 1520. The van der Waals surface area contributed by atoms with Crippen LogP contribution in [0.5, 0.6) is 5.75 Å². The number of nitrogens with zero attached hydrogens (tertiary/aromatic N) is 6. The molecule has 4 heterocycles. The molecule has 2 aromatic carbocycles. The van der Waals surface area contributed by atoms with Gasteiger partial charge in [0.15, 0.2) is 28.9 Å². The molecule has 11 nitrogen and oxygen atoms in total. The number of ether oxygens (including phenoxy) is 2. The third kappa shape index (κ3) is 3.76. The van der Waals surface area contributed by atoms with Crippen molar-refractivity contribution in [2.24, 2.45) is 0 Å². The van der Waals surface area contributed by atoms with Crippen LogP contribution in [0.3, 0.4) is 0 Å². The highest BCUT2D eigenvalue weighted by atomic mass is 19.1. The van der Waals surface area contributed by atoms with Gasteiger partial charge >= 0.3 is 0 Å². The Morgan fingerprint density at radius 2 is 1.69 bits per heavy atom. The Morgan fingerprint density at radius 1 is 0.917 bits per heavy atom. The molecule has 12 heteroatoms. The van der Waals surface area contributed by atoms with Gasteiger partial charge in [-0.3, -0.25) is 8.97 Å². The van der Waals surface area contributed by atoms with E-state index < -0.39 is 31.1 Å². The van der Waals surface area contributed by atoms with Crippen molar-refractivity contribution in [2.75, 3.05) is 6.61 Å². The maximum atomic E-state index is 13.1. The molecule has 184 valence electrons. The average Bonchev–Trinajstić information content (AvgIpc) is 3.60. The Balaban J connectivity index is 1.26. The molecule has 6 rings (SSSR count). The number of aliphatic hydroxyl groups is 3. The van der Waals surface area contributed by atoms with Crippen LogP contribution < -0.4 is 4.74 Å². The zero-order valence-corrected chi connectivity index (χ0v) is 18.7. The number of fused-ring (bicyclic) bond motifs is 3. The summed E-state index contributed by atoms with van der Waals surface area (Å²) < 4.78 is 27.6. The summed E-state index contributed by atoms with van der Waals surface area (Å²) >= 11 is 0. The first kappa shape index (κ1) is 22.5. The molecule has 3 N–H and O–H groups in total. The number of benzene rings is 2. The van der Waals surface area contributed by atoms with Gasteiger partial charge in [-0.05, 0) is 42.0 Å². The van der Waals surface area contributed by atoms with E-state index in [9.17, 15) is 19.7 Å². The van der Waals surface area contributed by atoms with E-state index in [1.807, 2.05) is 24.3 Å². The minimum Gasteiger partial charge on any atom is -0.489 e. The van der Waals surface area contributed by atoms with Crippen LogP contribution in [0.15, 0.2) is 61.2 Å². The lowest BCUT2D eigenvalue weighted by Crippen LogP contribution is -2.33. The predicted molar refractivity (Wildman–Crippen MR) is 123 cm³/mol. The fourth-order valence-corrected chi connectivity index (χ4v) is 4.26. The Morgan fingerprint density at radius 3 is 2.42 bits per heavy atom. The molecular weight excluding hydrogens is 471 g/mol. The molecule has 1 fully saturated rings. The van der Waals surface area contributed by atoms with Crippen LogP contribution in [0.4, 0.5) is 4.39 Å². The highest BCUT2D eigenvalue weighted by molar-refractivity contribution is 5.86. The van der Waals surface area contributed by atoms with Crippen molar-refractivity contribution in [1.29, 1.82) is 0 Å². The van der Waals surface area contributed by atoms with Gasteiger partial charge in [0.2, 0.25) is 0 Å². The summed E-state index contributed by atoms with van der Waals surface area (Å²) in [6, 6.07) is 13.4. The van der Waals surface area contributed by atoms with Crippen molar-refractivity contribution in [1.82, 2.24) is 29.1 Å². The number of hydrogen-bond acceptors (Lipinski definition) is 9. The highest BCUT2D eigenvalue weighted by Gasteiger charge is 2.44. The molecule has 1 saturated heterocycles. The predicted octanol–water partition coefficient (Wildman–Crippen LogP) is 1.47. The topological polar surface area (TPSA) is 140 Å². The van der Waals surface area contributed by atoms with Crippen molar-refractivity contribution in [3.8, 4) is 17.1 Å². The van der Waals surface area contributed by atoms with E-state index in [2.05, 4.69) is 20.2 Å². The van der Waals surface area contributed by atoms with Crippen LogP contribution in [0, 0.1) is 5.82 Å². The first-order chi connectivity index (χ1) is 17.5. The zero-order chi connectivity index (χ0) is 24.8. The van der Waals surface area contributed by atoms with E-state index in [1.165, 1.54) is 23.0 Å². The fourth-order valence-electron chi connectivity index (χ4n) is 4.26. The van der Waals surface area contributed by atoms with E-state index in [0.29, 0.717) is 35.0 Å². The van der Waals surface area contributed by atoms with Crippen LogP contribution in [0.1, 0.15) is 11.8 Å². The number of rotatable bonds is 6. The van der Waals surface area contributed by atoms with Gasteiger partial charge < -0.3 is 24.8 Å². The SMILES string of the molecule is OC[C@H]1O[C@@H](n2cnc3c2ncn2c(-c4ccc(OCc5ccc(F)cc5)cc4)nnc32)[C@@H](O)C1O. The molecule has 3 aromatic heterocycles. The minimum absolute atomic E-state index is 0.291. The highest BCUT2D eigenvalue weighted by Crippen LogP contribution is 2.32. The first-order valence-corrected chi connectivity index (χ1v) is 11.2. The summed E-state index contributed by atoms with van der Waals surface area (Å²) in [5.74, 6) is 0.905. The lowest BCUT2D eigenvalue weighted by molar-refractivity contribution is -0.0511. The third-order valence-corrected chi connectivity index (χ3v) is 6.19. The molecule has 5 aromatic rings. The van der Waals surface area contributed by atoms with Crippen LogP contribution >= 0.6 is 0 Å². The van der Waals surface area contributed by atoms with Crippen LogP contribution in [-0.4, -0.2) is 69.4 Å². The maximum absolute atomic E-state index is 13.1. The zero-order valence-electron chi connectivity index (χ0n) is 18.7. The van der Waals surface area contributed by atoms with Crippen LogP contribution in [-0.2, 0) is 11.3 Å². The second-order valence-electron chi connectivity index (χ2n) is 8.45. The largest absolute Gasteiger partial charge is 0.489 e. The second-order valence-corrected chi connectivity index (χ2v) is 8.45. The lowest BCUT2D eigenvalue weighted by atomic mass is 10.1. The van der Waals surface area contributed by atoms with Gasteiger partial charge in [-0.25, -0.2) is 14.4 Å². The normalized spacial score (nSPS) is 22.0. The summed E-state index contributed by atoms with van der Waals surface area (Å²) in [6.07, 6.45) is -1.36. The van der Waals surface area contributed by atoms with Crippen molar-refractivity contribution >= 4 is 16.8 Å². The molecule has 0 spiro atoms. The molecule has 0 bridgehead atoms. The van der Waals surface area contributed by atoms with E-state index in [1.54, 1.807) is 22.9 Å². The van der Waals surface area contributed by atoms with Gasteiger partial charge in [-0.15, -0.1) is 10.2 Å². The van der Waals surface area contributed by atoms with Gasteiger partial charge in [0.1, 0.15) is 42.8 Å². The Labute approximate surface area is 203 Å². The number of imidazole rings is 1. The van der Waals surface area contributed by atoms with E-state index in [-0.39, 0.29) is 5.82 Å². The van der Waals surface area contributed by atoms with Gasteiger partial charge in [-0.1, -0.05) is 12.1 Å². The van der Waals surface area contributed by atoms with Crippen LogP contribution in [0.25, 0.3) is 28.2 Å². The van der Waals surface area contributed by atoms with Crippen molar-refractivity contribution in [3.05, 3.63) is 72.6 Å². The lowest BCUT2D eigenvalue weighted by Gasteiger charge is -2.16. The molecule has 36 heavy (non-hydrogen) atoms. The fraction of sp³-hybridized carbons (Fsp3) is 0.250. The smallest absolute Gasteiger partial charge is 0.192 e. The Kier molecular flexibility index (Phi) is 5.57. The molecule has 1 aliphatic heterocycles. The molecule has 0 aliphatic carbocycles. The van der Waals surface area contributed by atoms with Gasteiger partial charge in [0.05, 0.1) is 12.9 Å². The first-order valence-electron chi connectivity index (χ1n) is 11.2. The summed E-state index contributed by atoms with van der Waals surface area (Å²) in [5.41, 5.74) is 2.92. The third-order valence-electron chi connectivity index (χ3n) is 6.19. The summed E-state index contributed by atoms with van der Waals surface area (Å²) in [7, 11) is 0. The van der Waals surface area contributed by atoms with Crippen LogP contribution in [0.2, 0.25) is 0 Å². The van der Waals surface area contributed by atoms with E-state index >= 15 is 0 Å². The van der Waals surface area contributed by atoms with Gasteiger partial charge in [0, 0.05) is 5.56 Å². The van der Waals surface area contributed by atoms with E-state index in [4.69, 9.17) is 9.47 Å². The number of aromatic nitrogens is 6.